The Morgan fingerprint density at radius 1 is 1.24 bits per heavy atom. The largest absolute Gasteiger partial charge is 0.465 e. The maximum Gasteiger partial charge on any atom is 0.280 e. The summed E-state index contributed by atoms with van der Waals surface area (Å²) in [6.45, 7) is 3.37. The number of hydrogen-bond donors (Lipinski definition) is 1. The molecular formula is C19H17N3O3. The van der Waals surface area contributed by atoms with Crippen molar-refractivity contribution in [3.8, 4) is 11.8 Å². The van der Waals surface area contributed by atoms with Crippen molar-refractivity contribution in [2.75, 3.05) is 17.3 Å². The van der Waals surface area contributed by atoms with Crippen LogP contribution in [0.5, 0.6) is 5.75 Å². The number of rotatable bonds is 2. The van der Waals surface area contributed by atoms with Crippen LogP contribution in [0.15, 0.2) is 42.5 Å². The summed E-state index contributed by atoms with van der Waals surface area (Å²) in [4.78, 5) is 26.9. The number of carbonyl (C=O) groups excluding carboxylic acids is 2. The van der Waals surface area contributed by atoms with Gasteiger partial charge < -0.3 is 15.0 Å². The lowest BCUT2D eigenvalue weighted by atomic mass is 9.99. The van der Waals surface area contributed by atoms with Gasteiger partial charge in [0.05, 0.1) is 17.3 Å². The molecule has 1 N–H and O–H groups in total. The highest BCUT2D eigenvalue weighted by Gasteiger charge is 2.49. The molecule has 1 unspecified atom stereocenters. The molecule has 0 spiro atoms. The Morgan fingerprint density at radius 3 is 2.56 bits per heavy atom. The molecule has 6 nitrogen and oxygen atoms in total. The van der Waals surface area contributed by atoms with E-state index in [1.165, 1.54) is 11.8 Å². The van der Waals surface area contributed by atoms with E-state index in [9.17, 15) is 9.59 Å². The highest BCUT2D eigenvalue weighted by atomic mass is 16.5. The lowest BCUT2D eigenvalue weighted by molar-refractivity contribution is -0.144. The topological polar surface area (TPSA) is 82.4 Å². The predicted octanol–water partition coefficient (Wildman–Crippen LogP) is 2.62. The Balaban J connectivity index is 1.89. The molecule has 0 bridgehead atoms. The van der Waals surface area contributed by atoms with Crippen LogP contribution in [0.1, 0.15) is 18.1 Å². The number of nitriles is 1. The van der Waals surface area contributed by atoms with Crippen molar-refractivity contribution >= 4 is 23.2 Å². The Labute approximate surface area is 145 Å². The van der Waals surface area contributed by atoms with Gasteiger partial charge in [0.15, 0.2) is 0 Å². The molecule has 2 aromatic rings. The minimum Gasteiger partial charge on any atom is -0.465 e. The van der Waals surface area contributed by atoms with Crippen LogP contribution in [0.3, 0.4) is 0 Å². The first-order valence-electron chi connectivity index (χ1n) is 7.74. The molecule has 2 aromatic carbocycles. The molecule has 126 valence electrons. The SMILES string of the molecule is Cc1ccc2c(c1)N(C)C(=O)C(C)(C(=O)Nc1ccc(C#N)cc1)O2. The minimum atomic E-state index is -1.68. The van der Waals surface area contributed by atoms with E-state index in [0.717, 1.165) is 5.56 Å². The maximum absolute atomic E-state index is 12.8. The van der Waals surface area contributed by atoms with Gasteiger partial charge in [-0.1, -0.05) is 6.07 Å². The molecule has 3 rings (SSSR count). The molecule has 1 atom stereocenters. The van der Waals surface area contributed by atoms with Crippen molar-refractivity contribution in [3.63, 3.8) is 0 Å². The number of nitrogens with zero attached hydrogens (tertiary/aromatic N) is 2. The molecule has 2 amide bonds. The molecule has 0 aromatic heterocycles. The zero-order chi connectivity index (χ0) is 18.2. The van der Waals surface area contributed by atoms with Crippen LogP contribution in [0.25, 0.3) is 0 Å². The number of likely N-dealkylation sites (N-methyl/N-ethyl adjacent to an activating group) is 1. The standard InChI is InChI=1S/C19H17N3O3/c1-12-4-9-16-15(10-12)22(3)18(24)19(2,25-16)17(23)21-14-7-5-13(11-20)6-8-14/h4-10H,1-3H3,(H,21,23). The summed E-state index contributed by atoms with van der Waals surface area (Å²) >= 11 is 0. The number of amides is 2. The summed E-state index contributed by atoms with van der Waals surface area (Å²) < 4.78 is 5.78. The molecule has 1 aliphatic heterocycles. The predicted molar refractivity (Wildman–Crippen MR) is 93.4 cm³/mol. The zero-order valence-electron chi connectivity index (χ0n) is 14.2. The number of ether oxygens (including phenoxy) is 1. The van der Waals surface area contributed by atoms with Gasteiger partial charge in [0, 0.05) is 12.7 Å². The summed E-state index contributed by atoms with van der Waals surface area (Å²) in [5.41, 5.74) is 0.920. The second-order valence-electron chi connectivity index (χ2n) is 6.11. The van der Waals surface area contributed by atoms with Crippen LogP contribution in [-0.4, -0.2) is 24.5 Å². The molecule has 0 radical (unpaired) electrons. The number of anilines is 2. The minimum absolute atomic E-state index is 0.447. The Kier molecular flexibility index (Phi) is 3.93. The second kappa shape index (κ2) is 5.95. The van der Waals surface area contributed by atoms with E-state index in [-0.39, 0.29) is 0 Å². The molecule has 0 saturated heterocycles. The molecule has 0 fully saturated rings. The third kappa shape index (κ3) is 2.81. The van der Waals surface area contributed by atoms with Crippen molar-refractivity contribution in [2.24, 2.45) is 0 Å². The molecule has 0 saturated carbocycles. The summed E-state index contributed by atoms with van der Waals surface area (Å²) in [5.74, 6) is -0.540. The first-order valence-corrected chi connectivity index (χ1v) is 7.74. The van der Waals surface area contributed by atoms with Crippen LogP contribution >= 0.6 is 0 Å². The fraction of sp³-hybridized carbons (Fsp3) is 0.211. The number of benzene rings is 2. The van der Waals surface area contributed by atoms with E-state index in [4.69, 9.17) is 10.00 Å². The van der Waals surface area contributed by atoms with Gasteiger partial charge in [-0.25, -0.2) is 0 Å². The van der Waals surface area contributed by atoms with Crippen molar-refractivity contribution < 1.29 is 14.3 Å². The van der Waals surface area contributed by atoms with E-state index in [1.807, 2.05) is 25.1 Å². The number of carbonyl (C=O) groups is 2. The molecular weight excluding hydrogens is 318 g/mol. The van der Waals surface area contributed by atoms with Crippen LogP contribution in [-0.2, 0) is 9.59 Å². The first-order chi connectivity index (χ1) is 11.8. The number of hydrogen-bond acceptors (Lipinski definition) is 4. The van der Waals surface area contributed by atoms with E-state index in [1.54, 1.807) is 37.4 Å². The van der Waals surface area contributed by atoms with Crippen LogP contribution in [0.4, 0.5) is 11.4 Å². The van der Waals surface area contributed by atoms with Gasteiger partial charge in [-0.05, 0) is 55.8 Å². The van der Waals surface area contributed by atoms with Gasteiger partial charge in [0.25, 0.3) is 17.4 Å². The van der Waals surface area contributed by atoms with E-state index in [0.29, 0.717) is 22.7 Å². The Bertz CT molecular complexity index is 899. The normalized spacial score (nSPS) is 18.8. The van der Waals surface area contributed by atoms with Crippen molar-refractivity contribution in [1.29, 1.82) is 5.26 Å². The third-order valence-corrected chi connectivity index (χ3v) is 4.21. The summed E-state index contributed by atoms with van der Waals surface area (Å²) in [6.07, 6.45) is 0. The van der Waals surface area contributed by atoms with E-state index >= 15 is 0 Å². The maximum atomic E-state index is 12.8. The average Bonchev–Trinajstić information content (AvgIpc) is 2.61. The number of nitrogens with one attached hydrogen (secondary N) is 1. The van der Waals surface area contributed by atoms with Crippen LogP contribution in [0, 0.1) is 18.3 Å². The van der Waals surface area contributed by atoms with E-state index < -0.39 is 17.4 Å². The van der Waals surface area contributed by atoms with Gasteiger partial charge in [0.2, 0.25) is 0 Å². The number of fused-ring (bicyclic) bond motifs is 1. The van der Waals surface area contributed by atoms with Crippen LogP contribution in [0.2, 0.25) is 0 Å². The van der Waals surface area contributed by atoms with Crippen molar-refractivity contribution in [2.45, 2.75) is 19.4 Å². The molecule has 25 heavy (non-hydrogen) atoms. The summed E-state index contributed by atoms with van der Waals surface area (Å²) in [7, 11) is 1.62. The van der Waals surface area contributed by atoms with Gasteiger partial charge in [-0.15, -0.1) is 0 Å². The smallest absolute Gasteiger partial charge is 0.280 e. The van der Waals surface area contributed by atoms with E-state index in [2.05, 4.69) is 5.32 Å². The van der Waals surface area contributed by atoms with Crippen molar-refractivity contribution in [1.82, 2.24) is 0 Å². The Morgan fingerprint density at radius 2 is 1.92 bits per heavy atom. The number of aryl methyl sites for hydroxylation is 1. The lowest BCUT2D eigenvalue weighted by Gasteiger charge is -2.38. The Hall–Kier alpha value is -3.33. The summed E-state index contributed by atoms with van der Waals surface area (Å²) in [5, 5.41) is 11.5. The van der Waals surface area contributed by atoms with Gasteiger partial charge in [0.1, 0.15) is 5.75 Å². The highest BCUT2D eigenvalue weighted by molar-refractivity contribution is 6.19. The van der Waals surface area contributed by atoms with Gasteiger partial charge in [-0.2, -0.15) is 5.26 Å². The lowest BCUT2D eigenvalue weighted by Crippen LogP contribution is -2.59. The van der Waals surface area contributed by atoms with Gasteiger partial charge in [-0.3, -0.25) is 9.59 Å². The van der Waals surface area contributed by atoms with Crippen LogP contribution < -0.4 is 15.0 Å². The first kappa shape index (κ1) is 16.5. The zero-order valence-corrected chi connectivity index (χ0v) is 14.2. The van der Waals surface area contributed by atoms with Gasteiger partial charge >= 0.3 is 0 Å². The fourth-order valence-corrected chi connectivity index (χ4v) is 2.69. The third-order valence-electron chi connectivity index (χ3n) is 4.21. The quantitative estimate of drug-likeness (QED) is 0.855. The summed E-state index contributed by atoms with van der Waals surface area (Å²) in [6, 6.07) is 13.8. The van der Waals surface area contributed by atoms with Crippen molar-refractivity contribution in [3.05, 3.63) is 53.6 Å². The monoisotopic (exact) mass is 335 g/mol. The second-order valence-corrected chi connectivity index (χ2v) is 6.11. The molecule has 1 aliphatic rings. The molecule has 6 heteroatoms. The molecule has 1 heterocycles. The fourth-order valence-electron chi connectivity index (χ4n) is 2.69. The molecule has 0 aliphatic carbocycles. The average molecular weight is 335 g/mol. The highest BCUT2D eigenvalue weighted by Crippen LogP contribution is 2.38.